The predicted octanol–water partition coefficient (Wildman–Crippen LogP) is 8.82. The molecule has 0 aliphatic heterocycles. The molecular weight excluding hydrogens is 448 g/mol. The summed E-state index contributed by atoms with van der Waals surface area (Å²) in [5.41, 5.74) is 5.92. The lowest BCUT2D eigenvalue weighted by atomic mass is 9.70. The molecule has 0 saturated carbocycles. The average Bonchev–Trinajstić information content (AvgIpc) is 2.79. The van der Waals surface area contributed by atoms with Crippen molar-refractivity contribution in [3.63, 3.8) is 0 Å². The number of carbonyl (C=O) groups is 1. The average molecular weight is 489 g/mol. The van der Waals surface area contributed by atoms with Gasteiger partial charge >= 0.3 is 5.97 Å². The van der Waals surface area contributed by atoms with E-state index in [9.17, 15) is 4.79 Å². The zero-order valence-electron chi connectivity index (χ0n) is 22.6. The minimum absolute atomic E-state index is 0.108. The third-order valence-corrected chi connectivity index (χ3v) is 12.6. The summed E-state index contributed by atoms with van der Waals surface area (Å²) < 4.78 is 12.2. The number of ether oxygens (including phenoxy) is 1. The molecule has 0 radical (unpaired) electrons. The molecule has 0 bridgehead atoms. The van der Waals surface area contributed by atoms with Crippen molar-refractivity contribution in [3.8, 4) is 11.1 Å². The van der Waals surface area contributed by atoms with Gasteiger partial charge in [-0.25, -0.2) is 4.79 Å². The lowest BCUT2D eigenvalue weighted by Gasteiger charge is -2.44. The van der Waals surface area contributed by atoms with Gasteiger partial charge in [0.2, 0.25) is 0 Å². The van der Waals surface area contributed by atoms with Gasteiger partial charge in [-0.2, -0.15) is 0 Å². The second-order valence-electron chi connectivity index (χ2n) is 12.1. The van der Waals surface area contributed by atoms with Crippen LogP contribution in [0.4, 0.5) is 0 Å². The highest BCUT2D eigenvalue weighted by atomic mass is 28.4. The summed E-state index contributed by atoms with van der Waals surface area (Å²) in [5, 5.41) is 2.32. The Labute approximate surface area is 212 Å². The summed E-state index contributed by atoms with van der Waals surface area (Å²) >= 11 is 0. The van der Waals surface area contributed by atoms with Gasteiger partial charge in [0.1, 0.15) is 0 Å². The Kier molecular flexibility index (Phi) is 6.76. The SMILES string of the molecule is CCOC(=O)c1ccc2cc(-c3cccc4c3C(O[Si](C)(C)C(C)(C)C)CCC4(C)C)ccc2c1. The second kappa shape index (κ2) is 9.22. The summed E-state index contributed by atoms with van der Waals surface area (Å²) in [6.07, 6.45) is 2.27. The number of benzene rings is 3. The second-order valence-corrected chi connectivity index (χ2v) is 16.8. The highest BCUT2D eigenvalue weighted by Crippen LogP contribution is 2.50. The van der Waals surface area contributed by atoms with Gasteiger partial charge in [-0.3, -0.25) is 0 Å². The first kappa shape index (κ1) is 25.7. The topological polar surface area (TPSA) is 35.5 Å². The van der Waals surface area contributed by atoms with Crippen molar-refractivity contribution in [2.45, 2.75) is 84.0 Å². The van der Waals surface area contributed by atoms with Crippen LogP contribution in [0.1, 0.15) is 82.0 Å². The van der Waals surface area contributed by atoms with E-state index in [0.29, 0.717) is 12.2 Å². The molecule has 186 valence electrons. The van der Waals surface area contributed by atoms with E-state index >= 15 is 0 Å². The molecular formula is C31H40O3Si. The van der Waals surface area contributed by atoms with Gasteiger partial charge < -0.3 is 9.16 Å². The van der Waals surface area contributed by atoms with E-state index < -0.39 is 8.32 Å². The minimum atomic E-state index is -1.94. The highest BCUT2D eigenvalue weighted by molar-refractivity contribution is 6.74. The number of fused-ring (bicyclic) bond motifs is 2. The summed E-state index contributed by atoms with van der Waals surface area (Å²) in [6.45, 7) is 18.6. The predicted molar refractivity (Wildman–Crippen MR) is 149 cm³/mol. The summed E-state index contributed by atoms with van der Waals surface area (Å²) in [6, 6.07) is 19.1. The Balaban J connectivity index is 1.81. The maximum atomic E-state index is 12.2. The highest BCUT2D eigenvalue weighted by Gasteiger charge is 2.43. The molecule has 1 aliphatic rings. The van der Waals surface area contributed by atoms with E-state index in [1.807, 2.05) is 25.1 Å². The van der Waals surface area contributed by atoms with Gasteiger partial charge in [-0.05, 0) is 94.5 Å². The molecule has 0 saturated heterocycles. The van der Waals surface area contributed by atoms with E-state index in [2.05, 4.69) is 84.1 Å². The van der Waals surface area contributed by atoms with Crippen LogP contribution in [0, 0.1) is 0 Å². The fraction of sp³-hybridized carbons (Fsp3) is 0.452. The summed E-state index contributed by atoms with van der Waals surface area (Å²) in [7, 11) is -1.94. The van der Waals surface area contributed by atoms with Crippen LogP contribution in [-0.4, -0.2) is 20.9 Å². The van der Waals surface area contributed by atoms with Gasteiger partial charge in [0, 0.05) is 0 Å². The zero-order valence-corrected chi connectivity index (χ0v) is 23.6. The van der Waals surface area contributed by atoms with E-state index in [1.165, 1.54) is 22.3 Å². The van der Waals surface area contributed by atoms with Crippen LogP contribution in [0.15, 0.2) is 54.6 Å². The van der Waals surface area contributed by atoms with Crippen molar-refractivity contribution in [2.75, 3.05) is 6.61 Å². The Morgan fingerprint density at radius 1 is 1.03 bits per heavy atom. The molecule has 3 aromatic rings. The molecule has 0 aromatic heterocycles. The number of hydrogen-bond acceptors (Lipinski definition) is 3. The molecule has 0 fully saturated rings. The van der Waals surface area contributed by atoms with Gasteiger partial charge in [0.15, 0.2) is 8.32 Å². The maximum absolute atomic E-state index is 12.2. The van der Waals surface area contributed by atoms with E-state index in [4.69, 9.17) is 9.16 Å². The summed E-state index contributed by atoms with van der Waals surface area (Å²) in [5.74, 6) is -0.275. The molecule has 4 rings (SSSR count). The van der Waals surface area contributed by atoms with Crippen molar-refractivity contribution in [1.82, 2.24) is 0 Å². The number of carbonyl (C=O) groups excluding carboxylic acids is 1. The van der Waals surface area contributed by atoms with Crippen LogP contribution in [0.25, 0.3) is 21.9 Å². The Hall–Kier alpha value is -2.43. The van der Waals surface area contributed by atoms with Crippen LogP contribution in [0.5, 0.6) is 0 Å². The lowest BCUT2D eigenvalue weighted by Crippen LogP contribution is -2.43. The number of esters is 1. The summed E-state index contributed by atoms with van der Waals surface area (Å²) in [4.78, 5) is 12.2. The van der Waals surface area contributed by atoms with Crippen molar-refractivity contribution < 1.29 is 14.0 Å². The van der Waals surface area contributed by atoms with Crippen LogP contribution in [-0.2, 0) is 14.6 Å². The maximum Gasteiger partial charge on any atom is 0.338 e. The first-order chi connectivity index (χ1) is 16.3. The molecule has 35 heavy (non-hydrogen) atoms. The van der Waals surface area contributed by atoms with Crippen molar-refractivity contribution in [1.29, 1.82) is 0 Å². The van der Waals surface area contributed by atoms with Crippen molar-refractivity contribution in [2.24, 2.45) is 0 Å². The van der Waals surface area contributed by atoms with E-state index in [-0.39, 0.29) is 22.5 Å². The van der Waals surface area contributed by atoms with E-state index in [1.54, 1.807) is 0 Å². The fourth-order valence-corrected chi connectivity index (χ4v) is 6.23. The lowest BCUT2D eigenvalue weighted by molar-refractivity contribution is 0.0526. The number of hydrogen-bond donors (Lipinski definition) is 0. The first-order valence-electron chi connectivity index (χ1n) is 12.9. The quantitative estimate of drug-likeness (QED) is 0.266. The van der Waals surface area contributed by atoms with Crippen LogP contribution >= 0.6 is 0 Å². The fourth-order valence-electron chi connectivity index (χ4n) is 4.93. The minimum Gasteiger partial charge on any atom is -0.462 e. The Morgan fingerprint density at radius 2 is 1.71 bits per heavy atom. The number of rotatable bonds is 5. The van der Waals surface area contributed by atoms with Crippen LogP contribution in [0.2, 0.25) is 18.1 Å². The molecule has 1 atom stereocenters. The first-order valence-corrected chi connectivity index (χ1v) is 15.8. The smallest absolute Gasteiger partial charge is 0.338 e. The molecule has 0 N–H and O–H groups in total. The third kappa shape index (κ3) is 4.96. The molecule has 3 nitrogen and oxygen atoms in total. The van der Waals surface area contributed by atoms with Gasteiger partial charge in [-0.1, -0.05) is 71.0 Å². The largest absolute Gasteiger partial charge is 0.462 e. The normalized spacial score (nSPS) is 17.8. The Bertz CT molecular complexity index is 1250. The molecule has 0 amide bonds. The van der Waals surface area contributed by atoms with E-state index in [0.717, 1.165) is 23.6 Å². The Morgan fingerprint density at radius 3 is 2.40 bits per heavy atom. The van der Waals surface area contributed by atoms with Crippen LogP contribution in [0.3, 0.4) is 0 Å². The third-order valence-electron chi connectivity index (χ3n) is 8.09. The van der Waals surface area contributed by atoms with Crippen molar-refractivity contribution in [3.05, 3.63) is 71.3 Å². The molecule has 0 heterocycles. The molecule has 0 spiro atoms. The zero-order chi connectivity index (χ0) is 25.6. The molecule has 4 heteroatoms. The van der Waals surface area contributed by atoms with Gasteiger partial charge in [-0.15, -0.1) is 0 Å². The van der Waals surface area contributed by atoms with Crippen LogP contribution < -0.4 is 0 Å². The monoisotopic (exact) mass is 488 g/mol. The molecule has 3 aromatic carbocycles. The van der Waals surface area contributed by atoms with Crippen molar-refractivity contribution >= 4 is 25.1 Å². The van der Waals surface area contributed by atoms with Gasteiger partial charge in [0.05, 0.1) is 18.3 Å². The standard InChI is InChI=1S/C31H40O3Si/c1-9-33-29(32)24-16-14-21-19-23(15-13-22(21)20-24)25-11-10-12-26-28(25)27(17-18-31(26,5)6)34-35(7,8)30(2,3)4/h10-16,19-20,27H,9,17-18H2,1-8H3. The molecule has 1 unspecified atom stereocenters. The molecule has 1 aliphatic carbocycles. The van der Waals surface area contributed by atoms with Gasteiger partial charge in [0.25, 0.3) is 0 Å².